The molecule has 1 amide bonds. The molecule has 2 rings (SSSR count). The molecule has 3 N–H and O–H groups in total. The summed E-state index contributed by atoms with van der Waals surface area (Å²) in [4.78, 5) is 11.5. The van der Waals surface area contributed by atoms with Gasteiger partial charge >= 0.3 is 6.18 Å². The molecule has 0 spiro atoms. The Balaban J connectivity index is 2.00. The molecule has 1 atom stereocenters. The van der Waals surface area contributed by atoms with Crippen molar-refractivity contribution in [1.82, 2.24) is 10.0 Å². The molecule has 0 unspecified atom stereocenters. The normalized spacial score (nSPS) is 17.6. The van der Waals surface area contributed by atoms with Crippen molar-refractivity contribution < 1.29 is 31.5 Å². The van der Waals surface area contributed by atoms with Gasteiger partial charge in [0, 0.05) is 17.5 Å². The number of sulfonamides is 1. The zero-order chi connectivity index (χ0) is 20.5. The molecule has 1 aliphatic rings. The van der Waals surface area contributed by atoms with E-state index < -0.39 is 40.2 Å². The summed E-state index contributed by atoms with van der Waals surface area (Å²) in [7, 11) is -3.86. The monoisotopic (exact) mass is 408 g/mol. The minimum Gasteiger partial charge on any atom is -0.392 e. The van der Waals surface area contributed by atoms with E-state index in [2.05, 4.69) is 4.72 Å². The Bertz CT molecular complexity index is 772. The van der Waals surface area contributed by atoms with Crippen molar-refractivity contribution in [2.45, 2.75) is 43.9 Å². The van der Waals surface area contributed by atoms with E-state index in [1.807, 2.05) is 13.8 Å². The van der Waals surface area contributed by atoms with E-state index >= 15 is 0 Å². The number of benzene rings is 1. The molecule has 1 aromatic carbocycles. The number of aliphatic hydroxyl groups excluding tert-OH is 1. The highest BCUT2D eigenvalue weighted by molar-refractivity contribution is 7.89. The molecule has 0 saturated heterocycles. The van der Waals surface area contributed by atoms with Crippen LogP contribution in [-0.4, -0.2) is 44.8 Å². The quantitative estimate of drug-likeness (QED) is 0.614. The maximum atomic E-state index is 12.4. The van der Waals surface area contributed by atoms with Crippen molar-refractivity contribution in [2.75, 3.05) is 13.1 Å². The first-order valence-corrected chi connectivity index (χ1v) is 9.97. The predicted molar refractivity (Wildman–Crippen MR) is 92.5 cm³/mol. The van der Waals surface area contributed by atoms with Gasteiger partial charge in [0.2, 0.25) is 10.0 Å². The smallest absolute Gasteiger partial charge is 0.392 e. The molecule has 0 aliphatic heterocycles. The molecular formula is C17H23F3N2O4S. The Morgan fingerprint density at radius 3 is 2.22 bits per heavy atom. The Labute approximate surface area is 156 Å². The zero-order valence-electron chi connectivity index (χ0n) is 15.0. The fourth-order valence-electron chi connectivity index (χ4n) is 2.83. The van der Waals surface area contributed by atoms with E-state index in [9.17, 15) is 31.5 Å². The van der Waals surface area contributed by atoms with Crippen molar-refractivity contribution >= 4 is 15.9 Å². The van der Waals surface area contributed by atoms with Crippen molar-refractivity contribution in [2.24, 2.45) is 11.3 Å². The lowest BCUT2D eigenvalue weighted by molar-refractivity contribution is -0.123. The second-order valence-electron chi connectivity index (χ2n) is 7.20. The van der Waals surface area contributed by atoms with Crippen LogP contribution in [0.2, 0.25) is 0 Å². The van der Waals surface area contributed by atoms with Gasteiger partial charge in [0.1, 0.15) is 6.54 Å². The Hall–Kier alpha value is -1.65. The largest absolute Gasteiger partial charge is 0.405 e. The van der Waals surface area contributed by atoms with E-state index in [1.165, 1.54) is 0 Å². The minimum absolute atomic E-state index is 0.00602. The van der Waals surface area contributed by atoms with Gasteiger partial charge in [-0.05, 0) is 43.0 Å². The summed E-state index contributed by atoms with van der Waals surface area (Å²) in [6, 6.07) is 4.61. The van der Waals surface area contributed by atoms with Crippen molar-refractivity contribution in [3.63, 3.8) is 0 Å². The third-order valence-corrected chi connectivity index (χ3v) is 6.06. The molecule has 6 nitrogen and oxygen atoms in total. The number of carbonyl (C=O) groups is 1. The number of hydrogen-bond donors (Lipinski definition) is 3. The predicted octanol–water partition coefficient (Wildman–Crippen LogP) is 2.05. The third kappa shape index (κ3) is 5.66. The standard InChI is InChI=1S/C17H23F3N2O4S/c1-11(2)14(23)16(7-8-16)9-22-27(25,26)13-5-3-12(4-6-13)15(24)21-10-17(18,19)20/h3-6,11,14,22-23H,7-10H2,1-2H3,(H,21,24)/t14-/m1/s1. The van der Waals surface area contributed by atoms with Crippen LogP contribution in [0.15, 0.2) is 29.2 Å². The summed E-state index contributed by atoms with van der Waals surface area (Å²) in [5.41, 5.74) is -0.536. The van der Waals surface area contributed by atoms with Crippen LogP contribution in [0.4, 0.5) is 13.2 Å². The van der Waals surface area contributed by atoms with Crippen LogP contribution in [0.5, 0.6) is 0 Å². The van der Waals surface area contributed by atoms with Gasteiger partial charge in [-0.25, -0.2) is 13.1 Å². The van der Waals surface area contributed by atoms with Gasteiger partial charge in [-0.2, -0.15) is 13.2 Å². The van der Waals surface area contributed by atoms with Crippen LogP contribution in [0.3, 0.4) is 0 Å². The van der Waals surface area contributed by atoms with Crippen LogP contribution < -0.4 is 10.0 Å². The number of aliphatic hydroxyl groups is 1. The Morgan fingerprint density at radius 1 is 1.22 bits per heavy atom. The summed E-state index contributed by atoms with van der Waals surface area (Å²) < 4.78 is 63.6. The summed E-state index contributed by atoms with van der Waals surface area (Å²) in [5.74, 6) is -0.937. The highest BCUT2D eigenvalue weighted by Gasteiger charge is 2.50. The molecule has 0 bridgehead atoms. The topological polar surface area (TPSA) is 95.5 Å². The Morgan fingerprint density at radius 2 is 1.78 bits per heavy atom. The van der Waals surface area contributed by atoms with Crippen molar-refractivity contribution in [1.29, 1.82) is 0 Å². The zero-order valence-corrected chi connectivity index (χ0v) is 15.8. The second kappa shape index (κ2) is 7.76. The second-order valence-corrected chi connectivity index (χ2v) is 8.96. The molecular weight excluding hydrogens is 385 g/mol. The molecule has 1 fully saturated rings. The van der Waals surface area contributed by atoms with Crippen LogP contribution >= 0.6 is 0 Å². The molecule has 1 saturated carbocycles. The van der Waals surface area contributed by atoms with Gasteiger partial charge in [-0.15, -0.1) is 0 Å². The first kappa shape index (κ1) is 21.6. The van der Waals surface area contributed by atoms with Crippen LogP contribution in [-0.2, 0) is 10.0 Å². The summed E-state index contributed by atoms with van der Waals surface area (Å²) in [6.45, 7) is 2.36. The minimum atomic E-state index is -4.53. The number of nitrogens with one attached hydrogen (secondary N) is 2. The SMILES string of the molecule is CC(C)[C@@H](O)C1(CNS(=O)(=O)c2ccc(C(=O)NCC(F)(F)F)cc2)CC1. The van der Waals surface area contributed by atoms with E-state index in [0.717, 1.165) is 37.1 Å². The van der Waals surface area contributed by atoms with E-state index in [-0.39, 0.29) is 22.9 Å². The first-order valence-electron chi connectivity index (χ1n) is 8.49. The molecule has 0 heterocycles. The van der Waals surface area contributed by atoms with Gasteiger partial charge in [0.05, 0.1) is 11.0 Å². The molecule has 10 heteroatoms. The van der Waals surface area contributed by atoms with Crippen molar-refractivity contribution in [3.8, 4) is 0 Å². The van der Waals surface area contributed by atoms with Crippen LogP contribution in [0, 0.1) is 11.3 Å². The first-order chi connectivity index (χ1) is 12.4. The van der Waals surface area contributed by atoms with Gasteiger partial charge in [-0.1, -0.05) is 13.8 Å². The molecule has 1 aliphatic carbocycles. The lowest BCUT2D eigenvalue weighted by Gasteiger charge is -2.25. The van der Waals surface area contributed by atoms with Crippen LogP contribution in [0.1, 0.15) is 37.0 Å². The average Bonchev–Trinajstić information content (AvgIpc) is 3.38. The third-order valence-electron chi connectivity index (χ3n) is 4.64. The lowest BCUT2D eigenvalue weighted by atomic mass is 9.91. The molecule has 152 valence electrons. The number of rotatable bonds is 8. The number of carbonyl (C=O) groups excluding carboxylic acids is 1. The van der Waals surface area contributed by atoms with Crippen molar-refractivity contribution in [3.05, 3.63) is 29.8 Å². The van der Waals surface area contributed by atoms with E-state index in [4.69, 9.17) is 0 Å². The summed E-state index contributed by atoms with van der Waals surface area (Å²) in [6.07, 6.45) is -3.68. The van der Waals surface area contributed by atoms with Crippen LogP contribution in [0.25, 0.3) is 0 Å². The van der Waals surface area contributed by atoms with Gasteiger partial charge in [-0.3, -0.25) is 4.79 Å². The highest BCUT2D eigenvalue weighted by atomic mass is 32.2. The molecule has 0 radical (unpaired) electrons. The van der Waals surface area contributed by atoms with E-state index in [1.54, 1.807) is 5.32 Å². The lowest BCUT2D eigenvalue weighted by Crippen LogP contribution is -2.38. The number of hydrogen-bond acceptors (Lipinski definition) is 4. The molecule has 0 aromatic heterocycles. The van der Waals surface area contributed by atoms with Gasteiger partial charge in [0.25, 0.3) is 5.91 Å². The number of alkyl halides is 3. The van der Waals surface area contributed by atoms with Gasteiger partial charge < -0.3 is 10.4 Å². The number of halogens is 3. The summed E-state index contributed by atoms with van der Waals surface area (Å²) in [5, 5.41) is 11.9. The number of amides is 1. The molecule has 27 heavy (non-hydrogen) atoms. The maximum Gasteiger partial charge on any atom is 0.405 e. The summed E-state index contributed by atoms with van der Waals surface area (Å²) >= 11 is 0. The fraction of sp³-hybridized carbons (Fsp3) is 0.588. The molecule has 1 aromatic rings. The average molecular weight is 408 g/mol. The highest BCUT2D eigenvalue weighted by Crippen LogP contribution is 2.50. The van der Waals surface area contributed by atoms with E-state index in [0.29, 0.717) is 0 Å². The van der Waals surface area contributed by atoms with Gasteiger partial charge in [0.15, 0.2) is 0 Å². The fourth-order valence-corrected chi connectivity index (χ4v) is 3.97. The maximum absolute atomic E-state index is 12.4. The Kier molecular flexibility index (Phi) is 6.23.